The van der Waals surface area contributed by atoms with E-state index in [2.05, 4.69) is 9.71 Å². The van der Waals surface area contributed by atoms with Crippen LogP contribution in [0.5, 0.6) is 0 Å². The minimum atomic E-state index is -3.44. The van der Waals surface area contributed by atoms with E-state index in [4.69, 9.17) is 5.73 Å². The standard InChI is InChI=1S/C12H17N3O2S/c1-8(7-13)9(2)14-12-10-5-3-4-6-11(10)18(16,17)15-12/h3-6,8-9H,7,13H2,1-2H3,(H,14,15). The first-order valence-electron chi connectivity index (χ1n) is 5.86. The molecule has 0 saturated heterocycles. The summed E-state index contributed by atoms with van der Waals surface area (Å²) in [7, 11) is -3.44. The third-order valence-corrected chi connectivity index (χ3v) is 4.59. The summed E-state index contributed by atoms with van der Waals surface area (Å²) in [6, 6.07) is 6.81. The number of hydrogen-bond acceptors (Lipinski definition) is 4. The fraction of sp³-hybridized carbons (Fsp3) is 0.417. The summed E-state index contributed by atoms with van der Waals surface area (Å²) in [5.41, 5.74) is 6.22. The summed E-state index contributed by atoms with van der Waals surface area (Å²) in [6.45, 7) is 4.44. The van der Waals surface area contributed by atoms with Crippen molar-refractivity contribution in [3.8, 4) is 0 Å². The molecular weight excluding hydrogens is 250 g/mol. The van der Waals surface area contributed by atoms with Gasteiger partial charge in [0.2, 0.25) is 0 Å². The Morgan fingerprint density at radius 1 is 1.33 bits per heavy atom. The van der Waals surface area contributed by atoms with Crippen molar-refractivity contribution in [2.75, 3.05) is 6.54 Å². The average molecular weight is 267 g/mol. The highest BCUT2D eigenvalue weighted by Gasteiger charge is 2.30. The van der Waals surface area contributed by atoms with E-state index in [-0.39, 0.29) is 16.9 Å². The Morgan fingerprint density at radius 2 is 2.00 bits per heavy atom. The van der Waals surface area contributed by atoms with Crippen LogP contribution in [0.2, 0.25) is 0 Å². The first-order valence-corrected chi connectivity index (χ1v) is 7.34. The van der Waals surface area contributed by atoms with Crippen molar-refractivity contribution >= 4 is 15.9 Å². The Morgan fingerprint density at radius 3 is 2.67 bits per heavy atom. The van der Waals surface area contributed by atoms with Crippen LogP contribution in [0.25, 0.3) is 0 Å². The number of nitrogens with one attached hydrogen (secondary N) is 1. The summed E-state index contributed by atoms with van der Waals surface area (Å²) in [5.74, 6) is 0.619. The van der Waals surface area contributed by atoms with Crippen LogP contribution >= 0.6 is 0 Å². The van der Waals surface area contributed by atoms with Crippen molar-refractivity contribution in [2.24, 2.45) is 16.6 Å². The van der Waals surface area contributed by atoms with Crippen molar-refractivity contribution in [1.82, 2.24) is 4.72 Å². The van der Waals surface area contributed by atoms with Crippen LogP contribution in [0.15, 0.2) is 34.2 Å². The molecule has 3 N–H and O–H groups in total. The molecule has 2 rings (SSSR count). The largest absolute Gasteiger partial charge is 0.330 e. The van der Waals surface area contributed by atoms with E-state index in [0.717, 1.165) is 0 Å². The lowest BCUT2D eigenvalue weighted by molar-refractivity contribution is 0.496. The predicted molar refractivity (Wildman–Crippen MR) is 71.0 cm³/mol. The molecule has 1 aliphatic heterocycles. The fourth-order valence-corrected chi connectivity index (χ4v) is 3.00. The predicted octanol–water partition coefficient (Wildman–Crippen LogP) is 0.708. The zero-order chi connectivity index (χ0) is 13.3. The molecule has 5 nitrogen and oxygen atoms in total. The van der Waals surface area contributed by atoms with Gasteiger partial charge in [-0.1, -0.05) is 19.1 Å². The SMILES string of the molecule is CC(CN)C(C)N=C1NS(=O)(=O)c2ccccc21. The van der Waals surface area contributed by atoms with E-state index in [1.165, 1.54) is 0 Å². The first-order chi connectivity index (χ1) is 8.45. The third kappa shape index (κ3) is 2.26. The second-order valence-corrected chi connectivity index (χ2v) is 6.18. The van der Waals surface area contributed by atoms with Crippen LogP contribution in [0.3, 0.4) is 0 Å². The quantitative estimate of drug-likeness (QED) is 0.845. The number of amidine groups is 1. The molecule has 0 saturated carbocycles. The summed E-state index contributed by atoms with van der Waals surface area (Å²) >= 11 is 0. The lowest BCUT2D eigenvalue weighted by Gasteiger charge is -2.14. The summed E-state index contributed by atoms with van der Waals surface area (Å²) in [4.78, 5) is 4.72. The van der Waals surface area contributed by atoms with Gasteiger partial charge >= 0.3 is 0 Å². The van der Waals surface area contributed by atoms with Crippen LogP contribution in [0.1, 0.15) is 19.4 Å². The number of benzene rings is 1. The molecule has 0 aliphatic carbocycles. The van der Waals surface area contributed by atoms with Crippen LogP contribution in [0, 0.1) is 5.92 Å². The van der Waals surface area contributed by atoms with E-state index < -0.39 is 10.0 Å². The smallest absolute Gasteiger partial charge is 0.263 e. The van der Waals surface area contributed by atoms with E-state index in [9.17, 15) is 8.42 Å². The number of nitrogens with two attached hydrogens (primary N) is 1. The normalized spacial score (nSPS) is 22.3. The van der Waals surface area contributed by atoms with E-state index >= 15 is 0 Å². The second-order valence-electron chi connectivity index (χ2n) is 4.53. The van der Waals surface area contributed by atoms with Gasteiger partial charge in [0.1, 0.15) is 5.84 Å². The lowest BCUT2D eigenvalue weighted by Crippen LogP contribution is -2.27. The van der Waals surface area contributed by atoms with Crippen LogP contribution in [-0.4, -0.2) is 26.8 Å². The number of nitrogens with zero attached hydrogens (tertiary/aromatic N) is 1. The van der Waals surface area contributed by atoms with Crippen molar-refractivity contribution in [2.45, 2.75) is 24.8 Å². The van der Waals surface area contributed by atoms with Gasteiger partial charge in [0.05, 0.1) is 10.9 Å². The minimum Gasteiger partial charge on any atom is -0.330 e. The highest BCUT2D eigenvalue weighted by Crippen LogP contribution is 2.23. The maximum atomic E-state index is 11.9. The zero-order valence-electron chi connectivity index (χ0n) is 10.4. The molecule has 1 aromatic carbocycles. The fourth-order valence-electron chi connectivity index (χ4n) is 1.76. The highest BCUT2D eigenvalue weighted by molar-refractivity contribution is 7.90. The molecule has 0 bridgehead atoms. The monoisotopic (exact) mass is 267 g/mol. The van der Waals surface area contributed by atoms with E-state index in [0.29, 0.717) is 17.9 Å². The number of sulfonamides is 1. The van der Waals surface area contributed by atoms with Crippen LogP contribution in [0.4, 0.5) is 0 Å². The van der Waals surface area contributed by atoms with Crippen molar-refractivity contribution in [1.29, 1.82) is 0 Å². The van der Waals surface area contributed by atoms with E-state index in [1.807, 2.05) is 13.8 Å². The number of fused-ring (bicyclic) bond motifs is 1. The Kier molecular flexibility index (Phi) is 3.41. The van der Waals surface area contributed by atoms with Gasteiger partial charge in [-0.15, -0.1) is 0 Å². The second kappa shape index (κ2) is 4.70. The zero-order valence-corrected chi connectivity index (χ0v) is 11.2. The maximum absolute atomic E-state index is 11.9. The first kappa shape index (κ1) is 13.0. The molecule has 1 aliphatic rings. The third-order valence-electron chi connectivity index (χ3n) is 3.19. The van der Waals surface area contributed by atoms with Crippen molar-refractivity contribution in [3.05, 3.63) is 29.8 Å². The number of aliphatic imine (C=N–C) groups is 1. The molecule has 18 heavy (non-hydrogen) atoms. The molecule has 0 fully saturated rings. The van der Waals surface area contributed by atoms with Crippen LogP contribution in [-0.2, 0) is 10.0 Å². The van der Waals surface area contributed by atoms with Gasteiger partial charge in [-0.25, -0.2) is 8.42 Å². The lowest BCUT2D eigenvalue weighted by atomic mass is 10.0. The summed E-state index contributed by atoms with van der Waals surface area (Å²) < 4.78 is 26.2. The van der Waals surface area contributed by atoms with Crippen molar-refractivity contribution < 1.29 is 8.42 Å². The van der Waals surface area contributed by atoms with Gasteiger partial charge in [-0.2, -0.15) is 0 Å². The minimum absolute atomic E-state index is 0.0288. The Balaban J connectivity index is 2.42. The molecule has 0 spiro atoms. The topological polar surface area (TPSA) is 84.5 Å². The Bertz CT molecular complexity index is 581. The molecule has 0 amide bonds. The molecule has 2 atom stereocenters. The Labute approximate surface area is 107 Å². The average Bonchev–Trinajstić information content (AvgIpc) is 2.61. The van der Waals surface area contributed by atoms with Gasteiger partial charge in [0.15, 0.2) is 0 Å². The van der Waals surface area contributed by atoms with Gasteiger partial charge in [0.25, 0.3) is 10.0 Å². The molecular formula is C12H17N3O2S. The van der Waals surface area contributed by atoms with Gasteiger partial charge in [-0.05, 0) is 31.5 Å². The van der Waals surface area contributed by atoms with Crippen molar-refractivity contribution in [3.63, 3.8) is 0 Å². The molecule has 1 heterocycles. The maximum Gasteiger partial charge on any atom is 0.263 e. The summed E-state index contributed by atoms with van der Waals surface area (Å²) in [5, 5.41) is 0. The number of rotatable bonds is 3. The molecule has 6 heteroatoms. The highest BCUT2D eigenvalue weighted by atomic mass is 32.2. The molecule has 0 radical (unpaired) electrons. The molecule has 0 aromatic heterocycles. The van der Waals surface area contributed by atoms with Gasteiger partial charge < -0.3 is 5.73 Å². The summed E-state index contributed by atoms with van der Waals surface area (Å²) in [6.07, 6.45) is 0. The molecule has 1 aromatic rings. The van der Waals surface area contributed by atoms with Gasteiger partial charge in [0, 0.05) is 5.56 Å². The molecule has 2 unspecified atom stereocenters. The number of hydrogen-bond donors (Lipinski definition) is 2. The molecule has 98 valence electrons. The van der Waals surface area contributed by atoms with E-state index in [1.54, 1.807) is 24.3 Å². The van der Waals surface area contributed by atoms with Crippen LogP contribution < -0.4 is 10.5 Å². The van der Waals surface area contributed by atoms with Gasteiger partial charge in [-0.3, -0.25) is 9.71 Å². The Hall–Kier alpha value is -1.40.